The van der Waals surface area contributed by atoms with Crippen LogP contribution in [0.1, 0.15) is 24.7 Å². The van der Waals surface area contributed by atoms with E-state index < -0.39 is 6.09 Å². The Balaban J connectivity index is 1.67. The van der Waals surface area contributed by atoms with Crippen molar-refractivity contribution in [3.05, 3.63) is 54.0 Å². The van der Waals surface area contributed by atoms with Crippen molar-refractivity contribution in [2.24, 2.45) is 5.10 Å². The number of amides is 2. The smallest absolute Gasteiger partial charge is 0.428 e. The van der Waals surface area contributed by atoms with Crippen LogP contribution >= 0.6 is 0 Å². The number of benzene rings is 1. The lowest BCUT2D eigenvalue weighted by Gasteiger charge is -2.06. The molecule has 8 nitrogen and oxygen atoms in total. The second-order valence-electron chi connectivity index (χ2n) is 5.42. The number of nitrogens with zero attached hydrogens (tertiary/aromatic N) is 1. The minimum atomic E-state index is -0.698. The maximum Gasteiger partial charge on any atom is 0.428 e. The highest BCUT2D eigenvalue weighted by atomic mass is 16.6. The minimum absolute atomic E-state index is 0.0550. The molecule has 1 aromatic heterocycles. The summed E-state index contributed by atoms with van der Waals surface area (Å²) in [5.41, 5.74) is 3.52. The average molecular weight is 359 g/mol. The first kappa shape index (κ1) is 19.0. The molecule has 26 heavy (non-hydrogen) atoms. The summed E-state index contributed by atoms with van der Waals surface area (Å²) in [5.74, 6) is 1.16. The number of nitrogens with one attached hydrogen (secondary N) is 2. The van der Waals surface area contributed by atoms with Gasteiger partial charge in [-0.15, -0.1) is 0 Å². The van der Waals surface area contributed by atoms with Crippen LogP contribution < -0.4 is 15.5 Å². The lowest BCUT2D eigenvalue weighted by Crippen LogP contribution is -2.26. The third-order valence-corrected chi connectivity index (χ3v) is 3.32. The Morgan fingerprint density at radius 3 is 2.62 bits per heavy atom. The summed E-state index contributed by atoms with van der Waals surface area (Å²) >= 11 is 0. The van der Waals surface area contributed by atoms with Crippen LogP contribution in [0.2, 0.25) is 0 Å². The number of hydrazone groups is 1. The fourth-order valence-electron chi connectivity index (χ4n) is 1.98. The van der Waals surface area contributed by atoms with Gasteiger partial charge < -0.3 is 19.2 Å². The molecule has 0 radical (unpaired) electrons. The highest BCUT2D eigenvalue weighted by Crippen LogP contribution is 2.11. The van der Waals surface area contributed by atoms with E-state index in [1.165, 1.54) is 6.26 Å². The Labute approximate surface area is 151 Å². The standard InChI is InChI=1S/C18H21N3O5/c1-13(10-17(22)19-11-16-4-3-9-25-16)20-21-18(23)26-12-14-5-7-15(24-2)8-6-14/h3-9H,10-12H2,1-2H3,(H,19,22)(H,21,23)/b20-13-. The summed E-state index contributed by atoms with van der Waals surface area (Å²) in [6.45, 7) is 2.04. The Morgan fingerprint density at radius 1 is 1.19 bits per heavy atom. The maximum absolute atomic E-state index is 11.8. The molecule has 138 valence electrons. The van der Waals surface area contributed by atoms with Crippen molar-refractivity contribution in [3.8, 4) is 5.75 Å². The highest BCUT2D eigenvalue weighted by molar-refractivity contribution is 5.99. The molecule has 1 heterocycles. The zero-order valence-electron chi connectivity index (χ0n) is 14.7. The summed E-state index contributed by atoms with van der Waals surface area (Å²) in [6, 6.07) is 10.7. The number of carbonyl (C=O) groups excluding carboxylic acids is 2. The molecule has 0 aliphatic rings. The van der Waals surface area contributed by atoms with Crippen LogP contribution in [0.25, 0.3) is 0 Å². The van der Waals surface area contributed by atoms with Crippen molar-refractivity contribution in [1.82, 2.24) is 10.7 Å². The lowest BCUT2D eigenvalue weighted by atomic mass is 10.2. The lowest BCUT2D eigenvalue weighted by molar-refractivity contribution is -0.120. The quantitative estimate of drug-likeness (QED) is 0.557. The van der Waals surface area contributed by atoms with E-state index in [2.05, 4.69) is 15.8 Å². The molecule has 0 atom stereocenters. The van der Waals surface area contributed by atoms with Crippen LogP contribution in [-0.2, 0) is 22.7 Å². The molecule has 1 aromatic carbocycles. The molecule has 0 saturated carbocycles. The summed E-state index contributed by atoms with van der Waals surface area (Å²) in [5, 5.41) is 6.53. The van der Waals surface area contributed by atoms with Gasteiger partial charge in [0.1, 0.15) is 18.1 Å². The van der Waals surface area contributed by atoms with Crippen LogP contribution in [0.5, 0.6) is 5.75 Å². The zero-order valence-corrected chi connectivity index (χ0v) is 14.7. The van der Waals surface area contributed by atoms with Gasteiger partial charge in [0.15, 0.2) is 0 Å². The number of hydrogen-bond acceptors (Lipinski definition) is 6. The molecule has 0 fully saturated rings. The van der Waals surface area contributed by atoms with Gasteiger partial charge >= 0.3 is 6.09 Å². The van der Waals surface area contributed by atoms with Gasteiger partial charge in [0, 0.05) is 5.71 Å². The third-order valence-electron chi connectivity index (χ3n) is 3.32. The van der Waals surface area contributed by atoms with Crippen LogP contribution in [0.4, 0.5) is 4.79 Å². The first-order valence-corrected chi connectivity index (χ1v) is 7.94. The summed E-state index contributed by atoms with van der Waals surface area (Å²) in [4.78, 5) is 23.4. The Hall–Kier alpha value is -3.29. The Morgan fingerprint density at radius 2 is 1.96 bits per heavy atom. The van der Waals surface area contributed by atoms with Crippen LogP contribution in [0.3, 0.4) is 0 Å². The molecule has 2 aromatic rings. The molecule has 8 heteroatoms. The predicted molar refractivity (Wildman–Crippen MR) is 94.6 cm³/mol. The van der Waals surface area contributed by atoms with Crippen molar-refractivity contribution >= 4 is 17.7 Å². The molecule has 2 rings (SSSR count). The van der Waals surface area contributed by atoms with Crippen molar-refractivity contribution in [3.63, 3.8) is 0 Å². The van der Waals surface area contributed by atoms with Crippen LogP contribution in [0.15, 0.2) is 52.2 Å². The molecule has 0 spiro atoms. The van der Waals surface area contributed by atoms with Gasteiger partial charge in [-0.1, -0.05) is 12.1 Å². The SMILES string of the molecule is COc1ccc(COC(=O)N/N=C(/C)CC(=O)NCc2ccco2)cc1. The van der Waals surface area contributed by atoms with E-state index in [1.54, 1.807) is 50.4 Å². The minimum Gasteiger partial charge on any atom is -0.497 e. The first-order valence-electron chi connectivity index (χ1n) is 7.94. The maximum atomic E-state index is 11.8. The zero-order chi connectivity index (χ0) is 18.8. The van der Waals surface area contributed by atoms with E-state index >= 15 is 0 Å². The van der Waals surface area contributed by atoms with Gasteiger partial charge in [-0.05, 0) is 36.8 Å². The molecule has 2 amide bonds. The summed E-state index contributed by atoms with van der Waals surface area (Å²) < 4.78 is 15.2. The van der Waals surface area contributed by atoms with E-state index in [-0.39, 0.29) is 18.9 Å². The van der Waals surface area contributed by atoms with E-state index in [9.17, 15) is 9.59 Å². The van der Waals surface area contributed by atoms with Crippen molar-refractivity contribution < 1.29 is 23.5 Å². The van der Waals surface area contributed by atoms with Gasteiger partial charge in [-0.2, -0.15) is 5.10 Å². The fourth-order valence-corrected chi connectivity index (χ4v) is 1.98. The molecule has 0 saturated heterocycles. The van der Waals surface area contributed by atoms with Gasteiger partial charge in [0.05, 0.1) is 26.3 Å². The van der Waals surface area contributed by atoms with Crippen molar-refractivity contribution in [2.75, 3.05) is 7.11 Å². The van der Waals surface area contributed by atoms with Crippen LogP contribution in [-0.4, -0.2) is 24.8 Å². The van der Waals surface area contributed by atoms with E-state index in [1.807, 2.05) is 0 Å². The van der Waals surface area contributed by atoms with Gasteiger partial charge in [-0.25, -0.2) is 10.2 Å². The topological polar surface area (TPSA) is 102 Å². The molecule has 0 aliphatic heterocycles. The van der Waals surface area contributed by atoms with E-state index in [0.717, 1.165) is 11.3 Å². The second-order valence-corrected chi connectivity index (χ2v) is 5.42. The number of carbonyl (C=O) groups is 2. The van der Waals surface area contributed by atoms with Crippen molar-refractivity contribution in [2.45, 2.75) is 26.5 Å². The molecular formula is C18H21N3O5. The number of hydrogen-bond donors (Lipinski definition) is 2. The largest absolute Gasteiger partial charge is 0.497 e. The second kappa shape index (κ2) is 9.87. The number of furan rings is 1. The molecule has 0 aliphatic carbocycles. The number of ether oxygens (including phenoxy) is 2. The predicted octanol–water partition coefficient (Wildman–Crippen LogP) is 2.60. The van der Waals surface area contributed by atoms with Gasteiger partial charge in [0.2, 0.25) is 5.91 Å². The highest BCUT2D eigenvalue weighted by Gasteiger charge is 2.06. The van der Waals surface area contributed by atoms with E-state index in [4.69, 9.17) is 13.9 Å². The fraction of sp³-hybridized carbons (Fsp3) is 0.278. The van der Waals surface area contributed by atoms with E-state index in [0.29, 0.717) is 18.0 Å². The molecule has 0 unspecified atom stereocenters. The summed E-state index contributed by atoms with van der Waals surface area (Å²) in [7, 11) is 1.58. The third kappa shape index (κ3) is 6.68. The number of methoxy groups -OCH3 is 1. The summed E-state index contributed by atoms with van der Waals surface area (Å²) in [6.07, 6.45) is 0.894. The Kier molecular flexibility index (Phi) is 7.23. The van der Waals surface area contributed by atoms with Gasteiger partial charge in [-0.3, -0.25) is 4.79 Å². The van der Waals surface area contributed by atoms with Crippen LogP contribution in [0, 0.1) is 0 Å². The molecule has 2 N–H and O–H groups in total. The average Bonchev–Trinajstić information content (AvgIpc) is 3.17. The first-order chi connectivity index (χ1) is 12.6. The Bertz CT molecular complexity index is 739. The number of rotatable bonds is 8. The normalized spacial score (nSPS) is 10.9. The molecule has 0 bridgehead atoms. The molecular weight excluding hydrogens is 338 g/mol. The van der Waals surface area contributed by atoms with Crippen molar-refractivity contribution in [1.29, 1.82) is 0 Å². The van der Waals surface area contributed by atoms with Gasteiger partial charge in [0.25, 0.3) is 0 Å². The monoisotopic (exact) mass is 359 g/mol.